The summed E-state index contributed by atoms with van der Waals surface area (Å²) in [5, 5.41) is 4.16. The van der Waals surface area contributed by atoms with Crippen molar-refractivity contribution >= 4 is 15.9 Å². The van der Waals surface area contributed by atoms with Gasteiger partial charge in [0.05, 0.1) is 0 Å². The number of hydrogen-bond acceptors (Lipinski definition) is 1. The van der Waals surface area contributed by atoms with Gasteiger partial charge in [0.1, 0.15) is 4.60 Å². The summed E-state index contributed by atoms with van der Waals surface area (Å²) in [5.41, 5.74) is 1.19. The molecule has 0 fully saturated rings. The van der Waals surface area contributed by atoms with Gasteiger partial charge in [-0.1, -0.05) is 0 Å². The second-order valence-corrected chi connectivity index (χ2v) is 2.71. The molecule has 0 aliphatic carbocycles. The normalized spacial score (nSPS) is 10.1. The Hall–Kier alpha value is -0.310. The van der Waals surface area contributed by atoms with Crippen LogP contribution in [0.1, 0.15) is 12.5 Å². The fourth-order valence-corrected chi connectivity index (χ4v) is 0.965. The molecule has 3 heteroatoms. The predicted molar refractivity (Wildman–Crippen MR) is 40.3 cm³/mol. The molecule has 0 bridgehead atoms. The first-order chi connectivity index (χ1) is 4.24. The van der Waals surface area contributed by atoms with E-state index >= 15 is 0 Å². The van der Waals surface area contributed by atoms with Gasteiger partial charge in [0.2, 0.25) is 0 Å². The monoisotopic (exact) mass is 188 g/mol. The van der Waals surface area contributed by atoms with Crippen LogP contribution in [0.4, 0.5) is 0 Å². The molecule has 1 heterocycles. The molecular formula is C6H9BrN2. The largest absolute Gasteiger partial charge is 0.272 e. The molecule has 50 valence electrons. The van der Waals surface area contributed by atoms with E-state index in [1.54, 1.807) is 0 Å². The molecule has 0 aliphatic rings. The van der Waals surface area contributed by atoms with Crippen LogP contribution in [0.5, 0.6) is 0 Å². The Bertz CT molecular complexity index is 185. The first-order valence-corrected chi connectivity index (χ1v) is 3.73. The molecule has 1 aromatic heterocycles. The number of nitrogens with zero attached hydrogens (tertiary/aromatic N) is 2. The van der Waals surface area contributed by atoms with E-state index < -0.39 is 0 Å². The second kappa shape index (κ2) is 2.52. The van der Waals surface area contributed by atoms with E-state index in [2.05, 4.69) is 28.0 Å². The lowest BCUT2D eigenvalue weighted by molar-refractivity contribution is 0.655. The summed E-state index contributed by atoms with van der Waals surface area (Å²) < 4.78 is 2.85. The van der Waals surface area contributed by atoms with Crippen molar-refractivity contribution in [1.82, 2.24) is 9.78 Å². The van der Waals surface area contributed by atoms with Crippen LogP contribution in [0.25, 0.3) is 0 Å². The quantitative estimate of drug-likeness (QED) is 0.660. The van der Waals surface area contributed by atoms with E-state index in [0.717, 1.165) is 11.1 Å². The number of hydrogen-bond donors (Lipinski definition) is 0. The van der Waals surface area contributed by atoms with Crippen molar-refractivity contribution in [2.75, 3.05) is 0 Å². The Morgan fingerprint density at radius 2 is 2.44 bits per heavy atom. The number of aryl methyl sites for hydroxylation is 2. The van der Waals surface area contributed by atoms with Crippen LogP contribution in [-0.2, 0) is 6.54 Å². The van der Waals surface area contributed by atoms with Crippen molar-refractivity contribution in [3.05, 3.63) is 16.4 Å². The average molecular weight is 189 g/mol. The smallest absolute Gasteiger partial charge is 0.131 e. The molecule has 0 atom stereocenters. The fraction of sp³-hybridized carbons (Fsp3) is 0.500. The Balaban J connectivity index is 2.98. The van der Waals surface area contributed by atoms with E-state index in [-0.39, 0.29) is 0 Å². The Kier molecular flexibility index (Phi) is 1.90. The van der Waals surface area contributed by atoms with Gasteiger partial charge in [-0.05, 0) is 29.8 Å². The Morgan fingerprint density at radius 1 is 1.78 bits per heavy atom. The lowest BCUT2D eigenvalue weighted by atomic mass is 10.4. The highest BCUT2D eigenvalue weighted by Crippen LogP contribution is 2.11. The highest BCUT2D eigenvalue weighted by atomic mass is 79.9. The van der Waals surface area contributed by atoms with Crippen molar-refractivity contribution in [3.8, 4) is 0 Å². The summed E-state index contributed by atoms with van der Waals surface area (Å²) >= 11 is 3.32. The molecule has 0 aromatic carbocycles. The average Bonchev–Trinajstić information content (AvgIpc) is 2.13. The third-order valence-corrected chi connectivity index (χ3v) is 1.99. The lowest BCUT2D eigenvalue weighted by Crippen LogP contribution is -1.92. The maximum absolute atomic E-state index is 4.16. The second-order valence-electron chi connectivity index (χ2n) is 1.96. The van der Waals surface area contributed by atoms with E-state index in [0.29, 0.717) is 0 Å². The van der Waals surface area contributed by atoms with Gasteiger partial charge in [0.15, 0.2) is 0 Å². The van der Waals surface area contributed by atoms with E-state index in [1.807, 2.05) is 17.8 Å². The molecule has 0 aliphatic heterocycles. The first-order valence-electron chi connectivity index (χ1n) is 2.93. The van der Waals surface area contributed by atoms with E-state index in [9.17, 15) is 0 Å². The first kappa shape index (κ1) is 6.81. The topological polar surface area (TPSA) is 17.8 Å². The zero-order valence-electron chi connectivity index (χ0n) is 5.56. The lowest BCUT2D eigenvalue weighted by Gasteiger charge is -1.88. The molecule has 0 amide bonds. The molecule has 0 spiro atoms. The minimum atomic E-state index is 0.937. The van der Waals surface area contributed by atoms with Crippen LogP contribution < -0.4 is 0 Å². The molecule has 0 saturated carbocycles. The third-order valence-electron chi connectivity index (χ3n) is 1.21. The molecular weight excluding hydrogens is 180 g/mol. The SMILES string of the molecule is CCn1cc(C)c(Br)n1. The molecule has 1 rings (SSSR count). The zero-order chi connectivity index (χ0) is 6.85. The van der Waals surface area contributed by atoms with Crippen LogP contribution in [0.2, 0.25) is 0 Å². The van der Waals surface area contributed by atoms with Crippen LogP contribution in [0, 0.1) is 6.92 Å². The summed E-state index contributed by atoms with van der Waals surface area (Å²) in [6.45, 7) is 5.04. The minimum Gasteiger partial charge on any atom is -0.272 e. The molecule has 0 radical (unpaired) electrons. The Morgan fingerprint density at radius 3 is 2.67 bits per heavy atom. The molecule has 9 heavy (non-hydrogen) atoms. The summed E-state index contributed by atoms with van der Waals surface area (Å²) in [7, 11) is 0. The maximum atomic E-state index is 4.16. The molecule has 2 nitrogen and oxygen atoms in total. The van der Waals surface area contributed by atoms with Crippen LogP contribution in [0.15, 0.2) is 10.8 Å². The van der Waals surface area contributed by atoms with Crippen molar-refractivity contribution in [3.63, 3.8) is 0 Å². The number of rotatable bonds is 1. The molecule has 0 unspecified atom stereocenters. The molecule has 0 saturated heterocycles. The van der Waals surface area contributed by atoms with Crippen molar-refractivity contribution in [2.45, 2.75) is 20.4 Å². The molecule has 0 N–H and O–H groups in total. The standard InChI is InChI=1S/C6H9BrN2/c1-3-9-4-5(2)6(7)8-9/h4H,3H2,1-2H3. The summed E-state index contributed by atoms with van der Waals surface area (Å²) in [4.78, 5) is 0. The third kappa shape index (κ3) is 1.33. The minimum absolute atomic E-state index is 0.937. The molecule has 1 aromatic rings. The van der Waals surface area contributed by atoms with Crippen LogP contribution in [0.3, 0.4) is 0 Å². The van der Waals surface area contributed by atoms with Crippen molar-refractivity contribution in [2.24, 2.45) is 0 Å². The summed E-state index contributed by atoms with van der Waals surface area (Å²) in [6.07, 6.45) is 2.02. The van der Waals surface area contributed by atoms with Gasteiger partial charge in [0.25, 0.3) is 0 Å². The predicted octanol–water partition coefficient (Wildman–Crippen LogP) is 1.97. The van der Waals surface area contributed by atoms with Gasteiger partial charge >= 0.3 is 0 Å². The van der Waals surface area contributed by atoms with Crippen molar-refractivity contribution < 1.29 is 0 Å². The van der Waals surface area contributed by atoms with E-state index in [1.165, 1.54) is 5.56 Å². The van der Waals surface area contributed by atoms with E-state index in [4.69, 9.17) is 0 Å². The maximum Gasteiger partial charge on any atom is 0.131 e. The summed E-state index contributed by atoms with van der Waals surface area (Å²) in [6, 6.07) is 0. The number of aromatic nitrogens is 2. The van der Waals surface area contributed by atoms with Crippen LogP contribution in [-0.4, -0.2) is 9.78 Å². The van der Waals surface area contributed by atoms with Gasteiger partial charge in [-0.15, -0.1) is 0 Å². The van der Waals surface area contributed by atoms with Gasteiger partial charge in [-0.2, -0.15) is 5.10 Å². The van der Waals surface area contributed by atoms with Gasteiger partial charge < -0.3 is 0 Å². The van der Waals surface area contributed by atoms with Gasteiger partial charge in [0, 0.05) is 18.3 Å². The van der Waals surface area contributed by atoms with Gasteiger partial charge in [-0.25, -0.2) is 0 Å². The Labute approximate surface area is 63.0 Å². The highest BCUT2D eigenvalue weighted by Gasteiger charge is 1.97. The fourth-order valence-electron chi connectivity index (χ4n) is 0.659. The van der Waals surface area contributed by atoms with Crippen LogP contribution >= 0.6 is 15.9 Å². The number of halogens is 1. The van der Waals surface area contributed by atoms with Crippen molar-refractivity contribution in [1.29, 1.82) is 0 Å². The van der Waals surface area contributed by atoms with Gasteiger partial charge in [-0.3, -0.25) is 4.68 Å². The zero-order valence-corrected chi connectivity index (χ0v) is 7.14. The highest BCUT2D eigenvalue weighted by molar-refractivity contribution is 9.10. The summed E-state index contributed by atoms with van der Waals surface area (Å²) in [5.74, 6) is 0.